The molecule has 1 aromatic carbocycles. The first-order valence-electron chi connectivity index (χ1n) is 5.84. The van der Waals surface area contributed by atoms with Gasteiger partial charge in [0.2, 0.25) is 0 Å². The summed E-state index contributed by atoms with van der Waals surface area (Å²) in [5.41, 5.74) is 4.22. The van der Waals surface area contributed by atoms with E-state index in [4.69, 9.17) is 0 Å². The average molecular weight is 205 g/mol. The van der Waals surface area contributed by atoms with E-state index < -0.39 is 0 Å². The highest BCUT2D eigenvalue weighted by Gasteiger charge is 2.15. The van der Waals surface area contributed by atoms with E-state index in [-0.39, 0.29) is 0 Å². The predicted octanol–water partition coefficient (Wildman–Crippen LogP) is 3.40. The standard InChI is InChI=1S/C14H23N/c1-6-14(15-5)12(4)13-8-7-10(2)11(3)9-13/h7-9,12,14-15H,6H2,1-5H3. The van der Waals surface area contributed by atoms with E-state index >= 15 is 0 Å². The monoisotopic (exact) mass is 205 g/mol. The second-order valence-electron chi connectivity index (χ2n) is 4.44. The summed E-state index contributed by atoms with van der Waals surface area (Å²) in [6, 6.07) is 7.38. The van der Waals surface area contributed by atoms with E-state index in [1.165, 1.54) is 23.1 Å². The fourth-order valence-corrected chi connectivity index (χ4v) is 2.09. The van der Waals surface area contributed by atoms with Crippen molar-refractivity contribution in [1.29, 1.82) is 0 Å². The van der Waals surface area contributed by atoms with Crippen LogP contribution in [0, 0.1) is 13.8 Å². The van der Waals surface area contributed by atoms with Crippen LogP contribution in [0.5, 0.6) is 0 Å². The second kappa shape index (κ2) is 5.32. The SMILES string of the molecule is CCC(NC)C(C)c1ccc(C)c(C)c1. The molecule has 84 valence electrons. The molecule has 1 rings (SSSR count). The Morgan fingerprint density at radius 3 is 2.33 bits per heavy atom. The Morgan fingerprint density at radius 2 is 1.87 bits per heavy atom. The summed E-state index contributed by atoms with van der Waals surface area (Å²) in [5, 5.41) is 3.38. The van der Waals surface area contributed by atoms with Crippen molar-refractivity contribution >= 4 is 0 Å². The minimum atomic E-state index is 0.576. The molecule has 0 amide bonds. The maximum absolute atomic E-state index is 3.38. The maximum Gasteiger partial charge on any atom is 0.0127 e. The Bertz CT molecular complexity index is 313. The Labute approximate surface area is 93.9 Å². The number of hydrogen-bond donors (Lipinski definition) is 1. The van der Waals surface area contributed by atoms with Gasteiger partial charge in [0.1, 0.15) is 0 Å². The van der Waals surface area contributed by atoms with Gasteiger partial charge in [-0.2, -0.15) is 0 Å². The molecular formula is C14H23N. The predicted molar refractivity (Wildman–Crippen MR) is 67.5 cm³/mol. The third-order valence-electron chi connectivity index (χ3n) is 3.47. The quantitative estimate of drug-likeness (QED) is 0.794. The second-order valence-corrected chi connectivity index (χ2v) is 4.44. The van der Waals surface area contributed by atoms with Gasteiger partial charge in [0, 0.05) is 6.04 Å². The van der Waals surface area contributed by atoms with Crippen molar-refractivity contribution in [3.05, 3.63) is 34.9 Å². The van der Waals surface area contributed by atoms with Gasteiger partial charge in [0.15, 0.2) is 0 Å². The van der Waals surface area contributed by atoms with Crippen LogP contribution in [-0.2, 0) is 0 Å². The highest BCUT2D eigenvalue weighted by molar-refractivity contribution is 5.32. The topological polar surface area (TPSA) is 12.0 Å². The van der Waals surface area contributed by atoms with Crippen LogP contribution >= 0.6 is 0 Å². The highest BCUT2D eigenvalue weighted by Crippen LogP contribution is 2.23. The molecule has 0 aliphatic heterocycles. The summed E-state index contributed by atoms with van der Waals surface area (Å²) in [7, 11) is 2.05. The smallest absolute Gasteiger partial charge is 0.0127 e. The molecule has 0 aliphatic carbocycles. The first-order chi connectivity index (χ1) is 7.10. The van der Waals surface area contributed by atoms with Crippen LogP contribution < -0.4 is 5.32 Å². The molecule has 1 nitrogen and oxygen atoms in total. The van der Waals surface area contributed by atoms with E-state index in [9.17, 15) is 0 Å². The molecule has 2 atom stereocenters. The molecule has 0 radical (unpaired) electrons. The molecule has 2 unspecified atom stereocenters. The number of hydrogen-bond acceptors (Lipinski definition) is 1. The molecule has 0 fully saturated rings. The molecular weight excluding hydrogens is 182 g/mol. The van der Waals surface area contributed by atoms with Crippen LogP contribution in [0.1, 0.15) is 42.9 Å². The minimum Gasteiger partial charge on any atom is -0.316 e. The van der Waals surface area contributed by atoms with Crippen LogP contribution in [0.15, 0.2) is 18.2 Å². The first-order valence-corrected chi connectivity index (χ1v) is 5.84. The lowest BCUT2D eigenvalue weighted by Gasteiger charge is -2.23. The summed E-state index contributed by atoms with van der Waals surface area (Å²) in [5.74, 6) is 0.583. The van der Waals surface area contributed by atoms with E-state index in [0.29, 0.717) is 12.0 Å². The van der Waals surface area contributed by atoms with Gasteiger partial charge < -0.3 is 5.32 Å². The van der Waals surface area contributed by atoms with Gasteiger partial charge in [-0.15, -0.1) is 0 Å². The van der Waals surface area contributed by atoms with Crippen molar-refractivity contribution in [2.24, 2.45) is 0 Å². The van der Waals surface area contributed by atoms with Gasteiger partial charge >= 0.3 is 0 Å². The molecule has 1 aromatic rings. The van der Waals surface area contributed by atoms with Crippen molar-refractivity contribution in [2.45, 2.75) is 46.1 Å². The molecule has 0 saturated heterocycles. The zero-order valence-electron chi connectivity index (χ0n) is 10.6. The first kappa shape index (κ1) is 12.3. The molecule has 1 N–H and O–H groups in total. The molecule has 0 spiro atoms. The number of nitrogens with one attached hydrogen (secondary N) is 1. The van der Waals surface area contributed by atoms with E-state index in [0.717, 1.165) is 0 Å². The number of benzene rings is 1. The highest BCUT2D eigenvalue weighted by atomic mass is 14.9. The Morgan fingerprint density at radius 1 is 1.20 bits per heavy atom. The van der Waals surface area contributed by atoms with Crippen molar-refractivity contribution < 1.29 is 0 Å². The summed E-state index contributed by atoms with van der Waals surface area (Å²) in [4.78, 5) is 0. The third kappa shape index (κ3) is 2.82. The van der Waals surface area contributed by atoms with Gasteiger partial charge in [-0.1, -0.05) is 32.0 Å². The molecule has 0 heterocycles. The molecule has 0 bridgehead atoms. The van der Waals surface area contributed by atoms with Crippen LogP contribution in [0.3, 0.4) is 0 Å². The van der Waals surface area contributed by atoms with Gasteiger partial charge in [0.25, 0.3) is 0 Å². The lowest BCUT2D eigenvalue weighted by atomic mass is 9.90. The minimum absolute atomic E-state index is 0.576. The van der Waals surface area contributed by atoms with Crippen molar-refractivity contribution in [2.75, 3.05) is 7.05 Å². The van der Waals surface area contributed by atoms with Crippen molar-refractivity contribution in [1.82, 2.24) is 5.32 Å². The Balaban J connectivity index is 2.90. The van der Waals surface area contributed by atoms with E-state index in [1.807, 2.05) is 7.05 Å². The largest absolute Gasteiger partial charge is 0.316 e. The lowest BCUT2D eigenvalue weighted by Crippen LogP contribution is -2.29. The zero-order chi connectivity index (χ0) is 11.4. The number of rotatable bonds is 4. The van der Waals surface area contributed by atoms with Crippen LogP contribution in [0.2, 0.25) is 0 Å². The summed E-state index contributed by atoms with van der Waals surface area (Å²) < 4.78 is 0. The van der Waals surface area contributed by atoms with Gasteiger partial charge in [-0.3, -0.25) is 0 Å². The fourth-order valence-electron chi connectivity index (χ4n) is 2.09. The van der Waals surface area contributed by atoms with Gasteiger partial charge in [-0.25, -0.2) is 0 Å². The molecule has 15 heavy (non-hydrogen) atoms. The molecule has 1 heteroatoms. The van der Waals surface area contributed by atoms with Crippen molar-refractivity contribution in [3.8, 4) is 0 Å². The Kier molecular flexibility index (Phi) is 4.34. The van der Waals surface area contributed by atoms with Crippen LogP contribution in [0.25, 0.3) is 0 Å². The lowest BCUT2D eigenvalue weighted by molar-refractivity contribution is 0.472. The Hall–Kier alpha value is -0.820. The number of aryl methyl sites for hydroxylation is 2. The van der Waals surface area contributed by atoms with Crippen LogP contribution in [-0.4, -0.2) is 13.1 Å². The normalized spacial score (nSPS) is 15.0. The van der Waals surface area contributed by atoms with Crippen molar-refractivity contribution in [3.63, 3.8) is 0 Å². The average Bonchev–Trinajstić information content (AvgIpc) is 2.23. The summed E-state index contributed by atoms with van der Waals surface area (Å²) >= 11 is 0. The van der Waals surface area contributed by atoms with Crippen LogP contribution in [0.4, 0.5) is 0 Å². The van der Waals surface area contributed by atoms with Gasteiger partial charge in [0.05, 0.1) is 0 Å². The zero-order valence-corrected chi connectivity index (χ0v) is 10.6. The maximum atomic E-state index is 3.38. The molecule has 0 saturated carbocycles. The van der Waals surface area contributed by atoms with E-state index in [2.05, 4.69) is 51.2 Å². The molecule has 0 aromatic heterocycles. The molecule has 0 aliphatic rings. The third-order valence-corrected chi connectivity index (χ3v) is 3.47. The van der Waals surface area contributed by atoms with E-state index in [1.54, 1.807) is 0 Å². The fraction of sp³-hybridized carbons (Fsp3) is 0.571. The summed E-state index contributed by atoms with van der Waals surface area (Å²) in [6.45, 7) is 8.89. The number of likely N-dealkylation sites (N-methyl/N-ethyl adjacent to an activating group) is 1. The summed E-state index contributed by atoms with van der Waals surface area (Å²) in [6.07, 6.45) is 1.17. The van der Waals surface area contributed by atoms with Gasteiger partial charge in [-0.05, 0) is 49.9 Å².